The molecule has 0 aliphatic carbocycles. The van der Waals surface area contributed by atoms with Gasteiger partial charge in [0.2, 0.25) is 0 Å². The Hall–Kier alpha value is -7.98. The van der Waals surface area contributed by atoms with Crippen LogP contribution in [0.2, 0.25) is 0 Å². The molecule has 0 amide bonds. The van der Waals surface area contributed by atoms with Gasteiger partial charge in [-0.3, -0.25) is 0 Å². The molecule has 0 aromatic heterocycles. The lowest BCUT2D eigenvalue weighted by molar-refractivity contribution is 0.341. The van der Waals surface area contributed by atoms with E-state index in [0.29, 0.717) is 0 Å². The molecule has 9 aromatic carbocycles. The molecular formula is C127H196N10. The van der Waals surface area contributed by atoms with Gasteiger partial charge < -0.3 is 30.2 Å². The van der Waals surface area contributed by atoms with E-state index in [9.17, 15) is 0 Å². The number of benzene rings is 9. The standard InChI is InChI=1S/C61H88N6.C41H70N2.C25H38N2/c1-6-10-14-17-20-21-22-23-24-25-30-47-61(5)66(48-31-26-18-15-11-7-2)58-38-33-37-54-57(45-46-59(60(54)58)67(61)49-32-27-19-16-12-8-3)65-64-56-44-43-55(52-35-28-29-36-53(52)56)63-62-51-41-39-50(40-42-51)34-13-9-4;1-5-8-11-14-17-18-19-20-21-22-25-34-41(4)42(35-26-23-15-12-9-6-2)38-32-28-30-37-31-29-33-39(40(37)38)43(41)36-27-24-16-13-10-7-3;1-3-4-5-6-7-8-9-10-11-12-13-20-25(2)26-22-18-14-16-21-17-15-19-23(27-25)24(21)22/h28-29,33,35-46H,6-27,30-32,34,47-49H2,1-5H3;28-33H,5-27,34-36H2,1-4H3;14-19,26-27H,3-13,20H2,1-2H3. The van der Waals surface area contributed by atoms with E-state index in [1.165, 1.54) is 477 Å². The number of hydrogen-bond donors (Lipinski definition) is 2. The predicted octanol–water partition coefficient (Wildman–Crippen LogP) is 42.6. The number of fused-ring (bicyclic) bond motifs is 1. The summed E-state index contributed by atoms with van der Waals surface area (Å²) in [6.45, 7) is 30.5. The maximum Gasteiger partial charge on any atom is 0.110 e. The van der Waals surface area contributed by atoms with Crippen molar-refractivity contribution in [3.63, 3.8) is 0 Å². The molecule has 0 saturated carbocycles. The zero-order valence-corrected chi connectivity index (χ0v) is 89.5. The van der Waals surface area contributed by atoms with Crippen molar-refractivity contribution < 1.29 is 0 Å². The number of nitrogens with one attached hydrogen (secondary N) is 2. The number of rotatable bonds is 71. The average Bonchev–Trinajstić information content (AvgIpc) is 0.712. The van der Waals surface area contributed by atoms with E-state index in [4.69, 9.17) is 15.3 Å². The highest BCUT2D eigenvalue weighted by molar-refractivity contribution is 6.11. The molecule has 754 valence electrons. The van der Waals surface area contributed by atoms with Crippen molar-refractivity contribution in [2.24, 2.45) is 20.5 Å². The molecule has 10 heteroatoms. The van der Waals surface area contributed by atoms with Crippen LogP contribution in [0.1, 0.15) is 480 Å². The highest BCUT2D eigenvalue weighted by atomic mass is 15.4. The summed E-state index contributed by atoms with van der Waals surface area (Å²) in [5.41, 5.74) is 13.0. The number of nitrogens with zero attached hydrogens (tertiary/aromatic N) is 8. The van der Waals surface area contributed by atoms with E-state index < -0.39 is 0 Å². The Balaban J connectivity index is 0.000000235. The number of unbranched alkanes of at least 4 members (excludes halogenated alkanes) is 51. The molecule has 3 heterocycles. The van der Waals surface area contributed by atoms with Gasteiger partial charge in [-0.1, -0.05) is 480 Å². The minimum Gasteiger partial charge on any atom is -0.363 e. The first-order valence-electron chi connectivity index (χ1n) is 58.1. The Morgan fingerprint density at radius 3 is 0.847 bits per heavy atom. The van der Waals surface area contributed by atoms with Crippen LogP contribution in [-0.2, 0) is 6.42 Å². The lowest BCUT2D eigenvalue weighted by Crippen LogP contribution is -2.62. The number of anilines is 6. The molecule has 137 heavy (non-hydrogen) atoms. The largest absolute Gasteiger partial charge is 0.363 e. The highest BCUT2D eigenvalue weighted by Gasteiger charge is 2.45. The second kappa shape index (κ2) is 64.4. The summed E-state index contributed by atoms with van der Waals surface area (Å²) in [4.78, 5) is 11.4. The monoisotopic (exact) mass is 1860 g/mol. The molecule has 0 fully saturated rings. The third-order valence-electron chi connectivity index (χ3n) is 31.0. The van der Waals surface area contributed by atoms with E-state index in [1.807, 2.05) is 12.1 Å². The Kier molecular flexibility index (Phi) is 52.2. The van der Waals surface area contributed by atoms with Crippen LogP contribution in [0.3, 0.4) is 0 Å². The van der Waals surface area contributed by atoms with Crippen LogP contribution in [-0.4, -0.2) is 43.2 Å². The molecule has 1 atom stereocenters. The second-order valence-electron chi connectivity index (χ2n) is 42.5. The van der Waals surface area contributed by atoms with Crippen molar-refractivity contribution in [3.8, 4) is 0 Å². The van der Waals surface area contributed by atoms with Crippen LogP contribution < -0.4 is 30.2 Å². The van der Waals surface area contributed by atoms with Crippen molar-refractivity contribution in [1.29, 1.82) is 0 Å². The Morgan fingerprint density at radius 1 is 0.219 bits per heavy atom. The lowest BCUT2D eigenvalue weighted by atomic mass is 9.90. The van der Waals surface area contributed by atoms with E-state index in [1.54, 1.807) is 0 Å². The molecule has 12 rings (SSSR count). The van der Waals surface area contributed by atoms with E-state index in [-0.39, 0.29) is 17.0 Å². The van der Waals surface area contributed by atoms with Gasteiger partial charge >= 0.3 is 0 Å². The van der Waals surface area contributed by atoms with Gasteiger partial charge in [-0.2, -0.15) is 5.11 Å². The fourth-order valence-corrected chi connectivity index (χ4v) is 22.6. The number of azo groups is 2. The SMILES string of the molecule is CCCCCCCCCCCCCC1(C)N(CCCCCCCC)c2cccc3c(N=Nc4ccc(N=Nc5ccc(CCCC)cc5)c5ccccc45)ccc(c23)N1CCCCCCCC.CCCCCCCCCCCCCC1(C)N(CCCCCCCC)c2cccc3cccc(c23)N1CCCCCCCC.CCCCCCCCCCCCCC1(C)Nc2cccc3cccc(c23)N1. The molecule has 3 aliphatic heterocycles. The van der Waals surface area contributed by atoms with E-state index >= 15 is 0 Å². The fourth-order valence-electron chi connectivity index (χ4n) is 22.6. The molecule has 2 N–H and O–H groups in total. The number of hydrogen-bond acceptors (Lipinski definition) is 10. The Labute approximate surface area is 838 Å². The van der Waals surface area contributed by atoms with Gasteiger partial charge in [0.15, 0.2) is 0 Å². The van der Waals surface area contributed by atoms with Crippen LogP contribution >= 0.6 is 0 Å². The van der Waals surface area contributed by atoms with E-state index in [2.05, 4.69) is 263 Å². The Bertz CT molecular complexity index is 4680. The molecule has 3 aliphatic rings. The maximum atomic E-state index is 5.09. The van der Waals surface area contributed by atoms with Gasteiger partial charge in [-0.15, -0.1) is 15.3 Å². The normalized spacial score (nSPS) is 14.7. The molecule has 0 spiro atoms. The molecule has 0 bridgehead atoms. The van der Waals surface area contributed by atoms with Gasteiger partial charge in [0.1, 0.15) is 17.0 Å². The highest BCUT2D eigenvalue weighted by Crippen LogP contribution is 2.52. The summed E-state index contributed by atoms with van der Waals surface area (Å²) >= 11 is 0. The summed E-state index contributed by atoms with van der Waals surface area (Å²) in [5, 5.41) is 37.1. The lowest BCUT2D eigenvalue weighted by Gasteiger charge is -2.55. The molecule has 9 aromatic rings. The van der Waals surface area contributed by atoms with Crippen molar-refractivity contribution in [2.75, 3.05) is 56.4 Å². The molecule has 0 radical (unpaired) electrons. The third kappa shape index (κ3) is 35.6. The quantitative estimate of drug-likeness (QED) is 0.0292. The minimum atomic E-state index is -0.0908. The predicted molar refractivity (Wildman–Crippen MR) is 608 cm³/mol. The zero-order chi connectivity index (χ0) is 96.5. The zero-order valence-electron chi connectivity index (χ0n) is 89.5. The summed E-state index contributed by atoms with van der Waals surface area (Å²) in [6.07, 6.45) is 85.1. The van der Waals surface area contributed by atoms with Crippen molar-refractivity contribution in [3.05, 3.63) is 169 Å². The van der Waals surface area contributed by atoms with Crippen LogP contribution in [0.4, 0.5) is 56.9 Å². The first kappa shape index (κ1) is 111. The van der Waals surface area contributed by atoms with Gasteiger partial charge in [-0.25, -0.2) is 0 Å². The molecular weight excluding hydrogens is 1670 g/mol. The second-order valence-corrected chi connectivity index (χ2v) is 42.5. The summed E-state index contributed by atoms with van der Waals surface area (Å²) in [7, 11) is 0. The number of aryl methyl sites for hydroxylation is 1. The molecule has 1 unspecified atom stereocenters. The van der Waals surface area contributed by atoms with Crippen molar-refractivity contribution >= 4 is 100.0 Å². The van der Waals surface area contributed by atoms with Crippen LogP contribution in [0, 0.1) is 0 Å². The van der Waals surface area contributed by atoms with Gasteiger partial charge in [0.05, 0.1) is 22.7 Å². The minimum absolute atomic E-state index is 0.0398. The van der Waals surface area contributed by atoms with E-state index in [0.717, 1.165) is 59.5 Å². The third-order valence-corrected chi connectivity index (χ3v) is 31.0. The fraction of sp³-hybridized carbons (Fsp3) is 0.638. The summed E-state index contributed by atoms with van der Waals surface area (Å²) < 4.78 is 0. The van der Waals surface area contributed by atoms with Gasteiger partial charge in [0.25, 0.3) is 0 Å². The van der Waals surface area contributed by atoms with Gasteiger partial charge in [-0.05, 0) is 181 Å². The summed E-state index contributed by atoms with van der Waals surface area (Å²) in [5.74, 6) is 0. The van der Waals surface area contributed by atoms with Gasteiger partial charge in [0, 0.05) is 92.6 Å². The first-order chi connectivity index (χ1) is 67.4. The van der Waals surface area contributed by atoms with Crippen LogP contribution in [0.15, 0.2) is 184 Å². The van der Waals surface area contributed by atoms with Crippen LogP contribution in [0.25, 0.3) is 43.1 Å². The summed E-state index contributed by atoms with van der Waals surface area (Å²) in [6, 6.07) is 59.8. The molecule has 10 nitrogen and oxygen atoms in total. The Morgan fingerprint density at radius 2 is 0.489 bits per heavy atom. The topological polar surface area (TPSA) is 86.5 Å². The maximum absolute atomic E-state index is 5.09. The van der Waals surface area contributed by atoms with Crippen molar-refractivity contribution in [2.45, 2.75) is 498 Å². The average molecular weight is 1860 g/mol. The van der Waals surface area contributed by atoms with Crippen molar-refractivity contribution in [1.82, 2.24) is 0 Å². The first-order valence-corrected chi connectivity index (χ1v) is 58.1. The molecule has 0 saturated heterocycles. The smallest absolute Gasteiger partial charge is 0.110 e. The van der Waals surface area contributed by atoms with Crippen LogP contribution in [0.5, 0.6) is 0 Å².